The van der Waals surface area contributed by atoms with E-state index in [1.165, 1.54) is 4.90 Å². The first-order chi connectivity index (χ1) is 9.69. The number of hydrogen-bond acceptors (Lipinski definition) is 3. The fourth-order valence-electron chi connectivity index (χ4n) is 1.75. The Morgan fingerprint density at radius 2 is 2.10 bits per heavy atom. The monoisotopic (exact) mass is 287 g/mol. The molecule has 104 valence electrons. The third-order valence-electron chi connectivity index (χ3n) is 2.91. The Labute approximate surface area is 122 Å². The van der Waals surface area contributed by atoms with E-state index >= 15 is 0 Å². The molecule has 1 heterocycles. The highest BCUT2D eigenvalue weighted by atomic mass is 32.2. The molecule has 4 nitrogen and oxygen atoms in total. The molecule has 0 radical (unpaired) electrons. The van der Waals surface area contributed by atoms with Crippen molar-refractivity contribution in [1.29, 1.82) is 0 Å². The molecule has 20 heavy (non-hydrogen) atoms. The Kier molecular flexibility index (Phi) is 5.01. The van der Waals surface area contributed by atoms with Crippen LogP contribution in [0.25, 0.3) is 0 Å². The summed E-state index contributed by atoms with van der Waals surface area (Å²) in [6.45, 7) is 0. The summed E-state index contributed by atoms with van der Waals surface area (Å²) < 4.78 is 1.92. The van der Waals surface area contributed by atoms with Gasteiger partial charge >= 0.3 is 0 Å². The number of carbonyl (C=O) groups excluding carboxylic acids is 1. The zero-order valence-electron chi connectivity index (χ0n) is 11.5. The molecular formula is C15H17N3OS. The molecule has 2 aromatic rings. The van der Waals surface area contributed by atoms with Gasteiger partial charge in [-0.2, -0.15) is 5.10 Å². The molecule has 0 aliphatic rings. The summed E-state index contributed by atoms with van der Waals surface area (Å²) in [6, 6.07) is 11.8. The van der Waals surface area contributed by atoms with Crippen LogP contribution in [0.3, 0.4) is 0 Å². The average molecular weight is 287 g/mol. The topological polar surface area (TPSA) is 46.4 Å². The Balaban J connectivity index is 1.86. The highest BCUT2D eigenvalue weighted by Gasteiger charge is 2.04. The second-order valence-electron chi connectivity index (χ2n) is 4.35. The van der Waals surface area contributed by atoms with Gasteiger partial charge in [-0.15, -0.1) is 11.8 Å². The number of aryl methyl sites for hydroxylation is 1. The van der Waals surface area contributed by atoms with Crippen LogP contribution >= 0.6 is 11.8 Å². The zero-order chi connectivity index (χ0) is 14.4. The molecule has 0 atom stereocenters. The van der Waals surface area contributed by atoms with Gasteiger partial charge in [-0.1, -0.05) is 12.1 Å². The first kappa shape index (κ1) is 14.4. The van der Waals surface area contributed by atoms with Crippen molar-refractivity contribution in [2.24, 2.45) is 12.1 Å². The lowest BCUT2D eigenvalue weighted by atomic mass is 10.2. The molecule has 0 aliphatic carbocycles. The normalized spacial score (nSPS) is 10.9. The van der Waals surface area contributed by atoms with E-state index in [0.29, 0.717) is 6.42 Å². The third-order valence-corrected chi connectivity index (χ3v) is 3.66. The molecule has 0 unspecified atom stereocenters. The van der Waals surface area contributed by atoms with Gasteiger partial charge in [-0.05, 0) is 36.1 Å². The molecule has 1 aromatic heterocycles. The van der Waals surface area contributed by atoms with E-state index < -0.39 is 0 Å². The summed E-state index contributed by atoms with van der Waals surface area (Å²) >= 11 is 1.69. The van der Waals surface area contributed by atoms with Crippen LogP contribution in [0.2, 0.25) is 0 Å². The first-order valence-corrected chi connectivity index (χ1v) is 7.47. The van der Waals surface area contributed by atoms with Crippen molar-refractivity contribution in [3.8, 4) is 0 Å². The van der Waals surface area contributed by atoms with Crippen LogP contribution in [-0.2, 0) is 18.3 Å². The summed E-state index contributed by atoms with van der Waals surface area (Å²) in [5, 5.41) is 3.97. The highest BCUT2D eigenvalue weighted by molar-refractivity contribution is 7.98. The van der Waals surface area contributed by atoms with Crippen molar-refractivity contribution in [1.82, 2.24) is 9.99 Å². The van der Waals surface area contributed by atoms with E-state index in [2.05, 4.69) is 10.5 Å². The van der Waals surface area contributed by atoms with Crippen LogP contribution in [-0.4, -0.2) is 22.9 Å². The Hall–Kier alpha value is -2.01. The smallest absolute Gasteiger partial charge is 0.245 e. The van der Waals surface area contributed by atoms with Crippen molar-refractivity contribution in [3.05, 3.63) is 53.9 Å². The fraction of sp³-hybridized carbons (Fsp3) is 0.200. The average Bonchev–Trinajstić information content (AvgIpc) is 2.85. The quantitative estimate of drug-likeness (QED) is 0.521. The fourth-order valence-corrected chi connectivity index (χ4v) is 2.16. The van der Waals surface area contributed by atoms with Crippen molar-refractivity contribution in [2.45, 2.75) is 11.3 Å². The number of hydrazone groups is 1. The summed E-state index contributed by atoms with van der Waals surface area (Å²) in [4.78, 5) is 12.9. The lowest BCUT2D eigenvalue weighted by molar-refractivity contribution is -0.120. The summed E-state index contributed by atoms with van der Waals surface area (Å²) in [5.74, 6) is -0.121. The summed E-state index contributed by atoms with van der Waals surface area (Å²) in [6.07, 6.45) is 5.92. The van der Waals surface area contributed by atoms with Gasteiger partial charge in [0.2, 0.25) is 5.91 Å². The van der Waals surface area contributed by atoms with Crippen LogP contribution < -0.4 is 5.43 Å². The number of hydrogen-bond donors (Lipinski definition) is 1. The molecule has 0 spiro atoms. The molecule has 1 amide bonds. The van der Waals surface area contributed by atoms with E-state index in [0.717, 1.165) is 11.3 Å². The predicted octanol–water partition coefficient (Wildman–Crippen LogP) is 2.44. The Morgan fingerprint density at radius 3 is 2.70 bits per heavy atom. The van der Waals surface area contributed by atoms with E-state index in [4.69, 9.17) is 0 Å². The number of amides is 1. The molecule has 1 aromatic carbocycles. The van der Waals surface area contributed by atoms with Gasteiger partial charge in [0.1, 0.15) is 0 Å². The van der Waals surface area contributed by atoms with Gasteiger partial charge in [-0.3, -0.25) is 4.79 Å². The minimum Gasteiger partial charge on any atom is -0.354 e. The molecule has 2 rings (SSSR count). The van der Waals surface area contributed by atoms with Crippen molar-refractivity contribution < 1.29 is 4.79 Å². The minimum absolute atomic E-state index is 0.121. The predicted molar refractivity (Wildman–Crippen MR) is 83.1 cm³/mol. The highest BCUT2D eigenvalue weighted by Crippen LogP contribution is 2.13. The molecule has 5 heteroatoms. The number of benzene rings is 1. The zero-order valence-corrected chi connectivity index (χ0v) is 12.4. The van der Waals surface area contributed by atoms with Gasteiger partial charge in [0.25, 0.3) is 0 Å². The Morgan fingerprint density at radius 1 is 1.35 bits per heavy atom. The maximum absolute atomic E-state index is 11.7. The van der Waals surface area contributed by atoms with Crippen LogP contribution in [0.4, 0.5) is 0 Å². The Bertz CT molecular complexity index is 602. The first-order valence-electron chi connectivity index (χ1n) is 6.25. The molecule has 0 aliphatic heterocycles. The van der Waals surface area contributed by atoms with Crippen LogP contribution in [0.1, 0.15) is 11.3 Å². The molecular weight excluding hydrogens is 270 g/mol. The van der Waals surface area contributed by atoms with E-state index in [1.807, 2.05) is 60.5 Å². The maximum Gasteiger partial charge on any atom is 0.245 e. The van der Waals surface area contributed by atoms with Gasteiger partial charge in [0, 0.05) is 23.8 Å². The van der Waals surface area contributed by atoms with Gasteiger partial charge in [0.15, 0.2) is 0 Å². The molecule has 1 N–H and O–H groups in total. The number of nitrogens with one attached hydrogen (secondary N) is 1. The standard InChI is InChI=1S/C15H17N3OS/c1-18-9-3-4-13(18)10-15(19)17-16-11-12-5-7-14(20-2)8-6-12/h3-9,11H,10H2,1-2H3,(H,17,19)/b16-11+. The molecule has 0 fully saturated rings. The van der Waals surface area contributed by atoms with Gasteiger partial charge in [0.05, 0.1) is 12.6 Å². The number of thioether (sulfide) groups is 1. The SMILES string of the molecule is CSc1ccc(/C=N/NC(=O)Cc2cccn2C)cc1. The van der Waals surface area contributed by atoms with Crippen LogP contribution in [0, 0.1) is 0 Å². The lowest BCUT2D eigenvalue weighted by Crippen LogP contribution is -2.20. The van der Waals surface area contributed by atoms with Crippen molar-refractivity contribution in [3.63, 3.8) is 0 Å². The van der Waals surface area contributed by atoms with Crippen LogP contribution in [0.15, 0.2) is 52.6 Å². The maximum atomic E-state index is 11.7. The third kappa shape index (κ3) is 3.99. The van der Waals surface area contributed by atoms with Crippen molar-refractivity contribution in [2.75, 3.05) is 6.26 Å². The minimum atomic E-state index is -0.121. The number of carbonyl (C=O) groups is 1. The number of nitrogens with zero attached hydrogens (tertiary/aromatic N) is 2. The number of aromatic nitrogens is 1. The van der Waals surface area contributed by atoms with Crippen molar-refractivity contribution >= 4 is 23.9 Å². The lowest BCUT2D eigenvalue weighted by Gasteiger charge is -2.02. The molecule has 0 bridgehead atoms. The number of rotatable bonds is 5. The van der Waals surface area contributed by atoms with E-state index in [9.17, 15) is 4.79 Å². The largest absolute Gasteiger partial charge is 0.354 e. The molecule has 0 saturated carbocycles. The summed E-state index contributed by atoms with van der Waals surface area (Å²) in [7, 11) is 1.92. The molecule has 0 saturated heterocycles. The van der Waals surface area contributed by atoms with Crippen LogP contribution in [0.5, 0.6) is 0 Å². The second-order valence-corrected chi connectivity index (χ2v) is 5.23. The second kappa shape index (κ2) is 6.96. The van der Waals surface area contributed by atoms with E-state index in [-0.39, 0.29) is 5.91 Å². The van der Waals surface area contributed by atoms with Gasteiger partial charge < -0.3 is 4.57 Å². The summed E-state index contributed by atoms with van der Waals surface area (Å²) in [5.41, 5.74) is 4.46. The van der Waals surface area contributed by atoms with Gasteiger partial charge in [-0.25, -0.2) is 5.43 Å². The van der Waals surface area contributed by atoms with E-state index in [1.54, 1.807) is 18.0 Å².